The first kappa shape index (κ1) is 108. The molecule has 2 unspecified atom stereocenters. The summed E-state index contributed by atoms with van der Waals surface area (Å²) in [7, 11) is 4.80. The summed E-state index contributed by atoms with van der Waals surface area (Å²) in [6, 6.07) is 41.3. The number of benzene rings is 5. The van der Waals surface area contributed by atoms with Crippen LogP contribution in [-0.4, -0.2) is 280 Å². The summed E-state index contributed by atoms with van der Waals surface area (Å²) in [5, 5.41) is 41.7. The van der Waals surface area contributed by atoms with Crippen LogP contribution >= 0.6 is 58.0 Å². The number of aromatic amines is 5. The zero-order valence-electron chi connectivity index (χ0n) is 78.9. The lowest BCUT2D eigenvalue weighted by molar-refractivity contribution is -0.170. The molecule has 3 aliphatic rings. The minimum absolute atomic E-state index is 0.0590. The summed E-state index contributed by atoms with van der Waals surface area (Å²) < 4.78 is 71.4. The summed E-state index contributed by atoms with van der Waals surface area (Å²) in [6.07, 6.45) is 8.35. The Balaban J connectivity index is 0.000000145. The van der Waals surface area contributed by atoms with Gasteiger partial charge in [-0.15, -0.1) is 0 Å². The van der Waals surface area contributed by atoms with Crippen molar-refractivity contribution in [2.45, 2.75) is 74.8 Å². The summed E-state index contributed by atoms with van der Waals surface area (Å²) in [5.74, 6) is -5.70. The highest BCUT2D eigenvalue weighted by molar-refractivity contribution is 6.32. The number of pyridine rings is 5. The number of rotatable bonds is 28. The molecule has 0 radical (unpaired) electrons. The SMILES string of the molecule is CN1CCN(C(=O)C(Cc2ccc(F)cc2)NC(=O)c2cc3cc(Cl)cnc3[nH]2)CC1.CON(C)C(=O)[C@H](Cc1ccc(F)cc1)NC(=O)c1cc2cc(Cl)cnc2[nH]1.O=C(NC(Cc1ccc(F)cc1)C(=O)N1CCOCC1)c1cc2cc(Cl)cnc2[nH]1.O=C(N[C@@H](Cc1ccc(F)cc1)C(=O)N1CC[C@@H](O)C1)c1cc2cc(Cl)cnc2[nH]1.O=C(N[C@@H](Cc1ccc(F)cc1)C(=O)NCCO)c1cc2cc(Cl)cnc2[nH]1. The largest absolute Gasteiger partial charge is 0.395 e. The van der Waals surface area contributed by atoms with E-state index >= 15 is 0 Å². The molecule has 15 aromatic rings. The van der Waals surface area contributed by atoms with Crippen LogP contribution in [0.15, 0.2) is 213 Å². The van der Waals surface area contributed by atoms with Gasteiger partial charge in [-0.3, -0.25) is 52.8 Å². The number of aliphatic hydroxyl groups excluding tert-OH is 2. The van der Waals surface area contributed by atoms with Gasteiger partial charge in [0.2, 0.25) is 23.6 Å². The van der Waals surface area contributed by atoms with Gasteiger partial charge in [0.1, 0.15) is 116 Å². The molecule has 147 heavy (non-hydrogen) atoms. The van der Waals surface area contributed by atoms with Crippen molar-refractivity contribution in [2.75, 3.05) is 99.9 Å². The van der Waals surface area contributed by atoms with Crippen LogP contribution < -0.4 is 31.9 Å². The lowest BCUT2D eigenvalue weighted by Crippen LogP contribution is -2.55. The number of likely N-dealkylation sites (N-methyl/N-ethyl adjacent to an activating group) is 2. The lowest BCUT2D eigenvalue weighted by Gasteiger charge is -2.34. The number of nitrogens with zero attached hydrogens (tertiary/aromatic N) is 10. The number of β-amino-alcohol motifs (C(OH)–C–C–N with tert-alkyl or cyclic N) is 1. The van der Waals surface area contributed by atoms with Crippen molar-refractivity contribution in [2.24, 2.45) is 0 Å². The maximum atomic E-state index is 13.3. The van der Waals surface area contributed by atoms with Gasteiger partial charge in [-0.2, -0.15) is 0 Å². The van der Waals surface area contributed by atoms with Gasteiger partial charge in [-0.1, -0.05) is 119 Å². The fraction of sp³-hybridized carbons (Fsp3) is 0.265. The average Bonchev–Trinajstić information content (AvgIpc) is 1.70. The van der Waals surface area contributed by atoms with Crippen LogP contribution in [0.2, 0.25) is 25.1 Å². The van der Waals surface area contributed by atoms with Gasteiger partial charge in [0.15, 0.2) is 0 Å². The topological polar surface area (TPSA) is 461 Å². The molecule has 5 aromatic carbocycles. The monoisotopic (exact) mass is 2110 g/mol. The Morgan fingerprint density at radius 2 is 0.660 bits per heavy atom. The number of aromatic nitrogens is 10. The predicted octanol–water partition coefficient (Wildman–Crippen LogP) is 11.8. The van der Waals surface area contributed by atoms with E-state index in [0.29, 0.717) is 155 Å². The van der Waals surface area contributed by atoms with E-state index in [1.165, 1.54) is 111 Å². The van der Waals surface area contributed by atoms with Crippen molar-refractivity contribution in [3.63, 3.8) is 0 Å². The summed E-state index contributed by atoms with van der Waals surface area (Å²) in [4.78, 5) is 176. The molecule has 18 rings (SSSR count). The van der Waals surface area contributed by atoms with E-state index in [4.69, 9.17) is 72.7 Å². The van der Waals surface area contributed by atoms with Gasteiger partial charge in [-0.05, 0) is 163 Å². The highest BCUT2D eigenvalue weighted by Gasteiger charge is 2.36. The maximum Gasteiger partial charge on any atom is 0.268 e. The molecule has 6 atom stereocenters. The Kier molecular flexibility index (Phi) is 37.3. The fourth-order valence-electron chi connectivity index (χ4n) is 16.1. The number of carbonyl (C=O) groups is 10. The third kappa shape index (κ3) is 30.2. The third-order valence-electron chi connectivity index (χ3n) is 23.8. The number of likely N-dealkylation sites (tertiary alicyclic amines) is 1. The number of hydrogen-bond acceptors (Lipinski definition) is 20. The van der Waals surface area contributed by atoms with E-state index in [2.05, 4.69) is 86.6 Å². The number of hydrogen-bond donors (Lipinski definition) is 13. The number of aliphatic hydroxyl groups is 2. The van der Waals surface area contributed by atoms with Gasteiger partial charge in [0, 0.05) is 156 Å². The normalized spacial score (nSPS) is 14.5. The van der Waals surface area contributed by atoms with Crippen LogP contribution in [0.3, 0.4) is 0 Å². The number of hydroxylamine groups is 2. The Morgan fingerprint density at radius 3 is 0.939 bits per heavy atom. The van der Waals surface area contributed by atoms with Crippen LogP contribution in [0.4, 0.5) is 22.0 Å². The van der Waals surface area contributed by atoms with E-state index < -0.39 is 83.5 Å². The maximum absolute atomic E-state index is 13.3. The number of nitrogens with one attached hydrogen (secondary N) is 11. The Labute approximate surface area is 861 Å². The molecule has 13 N–H and O–H groups in total. The molecule has 0 bridgehead atoms. The van der Waals surface area contributed by atoms with Crippen LogP contribution in [0.5, 0.6) is 0 Å². The molecular weight excluding hydrogens is 2020 g/mol. The molecule has 3 fully saturated rings. The van der Waals surface area contributed by atoms with E-state index in [-0.39, 0.29) is 116 Å². The molecule has 10 aromatic heterocycles. The van der Waals surface area contributed by atoms with Crippen LogP contribution in [0.1, 0.15) is 86.7 Å². The molecule has 0 saturated carbocycles. The highest BCUT2D eigenvalue weighted by atomic mass is 35.5. The second-order valence-electron chi connectivity index (χ2n) is 34.5. The molecule has 0 aliphatic carbocycles. The number of piperazine rings is 1. The van der Waals surface area contributed by atoms with Gasteiger partial charge >= 0.3 is 0 Å². The number of H-pyrrole nitrogens is 5. The third-order valence-corrected chi connectivity index (χ3v) is 24.8. The van der Waals surface area contributed by atoms with E-state index in [1.54, 1.807) is 131 Å². The predicted molar refractivity (Wildman–Crippen MR) is 541 cm³/mol. The molecule has 0 spiro atoms. The quantitative estimate of drug-likeness (QED) is 0.0160. The van der Waals surface area contributed by atoms with Crippen molar-refractivity contribution in [3.8, 4) is 0 Å². The molecule has 10 amide bonds. The summed E-state index contributed by atoms with van der Waals surface area (Å²) in [5.41, 5.74) is 7.43. The smallest absolute Gasteiger partial charge is 0.268 e. The van der Waals surface area contributed by atoms with Crippen molar-refractivity contribution in [1.82, 2.24) is 106 Å². The molecule has 13 heterocycles. The lowest BCUT2D eigenvalue weighted by atomic mass is 10.0. The van der Waals surface area contributed by atoms with E-state index in [9.17, 15) is 75.0 Å². The van der Waals surface area contributed by atoms with Gasteiger partial charge < -0.3 is 91.4 Å². The van der Waals surface area contributed by atoms with Crippen molar-refractivity contribution >= 4 is 172 Å². The first-order valence-electron chi connectivity index (χ1n) is 46.1. The van der Waals surface area contributed by atoms with Crippen molar-refractivity contribution in [3.05, 3.63) is 323 Å². The summed E-state index contributed by atoms with van der Waals surface area (Å²) >= 11 is 29.7. The second kappa shape index (κ2) is 50.8. The van der Waals surface area contributed by atoms with Gasteiger partial charge in [0.25, 0.3) is 35.4 Å². The Bertz CT molecular complexity index is 7040. The molecular formula is C102H99Cl5F5N21O14. The zero-order chi connectivity index (χ0) is 105. The van der Waals surface area contributed by atoms with Gasteiger partial charge in [0.05, 0.1) is 58.1 Å². The van der Waals surface area contributed by atoms with Crippen LogP contribution in [0, 0.1) is 29.1 Å². The number of halogens is 10. The first-order valence-corrected chi connectivity index (χ1v) is 48.0. The Hall–Kier alpha value is -14.9. The molecule has 766 valence electrons. The van der Waals surface area contributed by atoms with Crippen LogP contribution in [0.25, 0.3) is 55.2 Å². The van der Waals surface area contributed by atoms with Gasteiger partial charge in [-0.25, -0.2) is 51.9 Å². The minimum Gasteiger partial charge on any atom is -0.395 e. The van der Waals surface area contributed by atoms with Crippen molar-refractivity contribution < 1.29 is 89.7 Å². The van der Waals surface area contributed by atoms with E-state index in [0.717, 1.165) is 29.3 Å². The Morgan fingerprint density at radius 1 is 0.395 bits per heavy atom. The average molecular weight is 2120 g/mol. The minimum atomic E-state index is -0.911. The first-order chi connectivity index (χ1) is 70.6. The summed E-state index contributed by atoms with van der Waals surface area (Å²) in [6.45, 7) is 5.06. The number of carbonyl (C=O) groups excluding carboxylic acids is 10. The second-order valence-corrected chi connectivity index (χ2v) is 36.7. The number of fused-ring (bicyclic) bond motifs is 5. The van der Waals surface area contributed by atoms with E-state index in [1.807, 2.05) is 7.05 Å². The fourth-order valence-corrected chi connectivity index (χ4v) is 16.9. The molecule has 35 nitrogen and oxygen atoms in total. The molecule has 3 aliphatic heterocycles. The number of amides is 10. The van der Waals surface area contributed by atoms with Crippen molar-refractivity contribution in [1.29, 1.82) is 0 Å². The molecule has 45 heteroatoms. The van der Waals surface area contributed by atoms with Crippen LogP contribution in [-0.2, 0) is 65.7 Å². The highest BCUT2D eigenvalue weighted by Crippen LogP contribution is 2.27. The molecule has 3 saturated heterocycles. The zero-order valence-corrected chi connectivity index (χ0v) is 82.7. The number of ether oxygens (including phenoxy) is 1. The standard InChI is InChI=1S/C22H23ClFN5O2.2C21H20ClFN4O3.2C19H18ClFN4O3/c1-28-6-8-29(9-7-28)22(31)19(10-14-2-4-17(24)5-3-14)27-21(30)18-12-15-11-16(23)13-25-20(15)26-18;22-15-10-14-11-17(25-19(14)24-12-15)20(28)26-18(9-13-1-3-16(23)4-2-13)21(29)27-5-7-30-8-6-27;22-14-8-13-9-17(25-19(13)24-10-14)20(29)26-18(7-12-1-3-15(23)4-2-12)21(30)27-6-5-16(28)11-27;1-25(28-2)19(27)16(7-11-3-5-14(21)6-4-11)24-18(26)15-9-12-8-13(20)10-22-17(12)23-15;20-13-8-12-9-16(24-17(12)23-10-13)19(28)25-15(18(27)22-5-6-26)7-11-1-3-14(21)4-2-11/h2-5,11-13,19H,6-10H2,1H3,(H,25,26)(H,27,30);1-4,10-12,18H,5-9H2,(H,24,25)(H,26,28);1-4,8-10,16,18,28H,5-7,11H2,(H,24,25)(H,26,29);3-6,8-10,16H,7H2,1-2H3,(H,22,23)(H,24,26);1-4,8-10,15,26H,5-7H2,(H,22,27)(H,23,24)(H,25,28)/t;;16-,18+;16-;15-/m..100/s1. The number of morpholine rings is 1.